The van der Waals surface area contributed by atoms with Gasteiger partial charge in [-0.1, -0.05) is 40.2 Å². The molecule has 0 saturated heterocycles. The highest BCUT2D eigenvalue weighted by Gasteiger charge is 2.22. The average molecular weight is 431 g/mol. The molecule has 0 aliphatic rings. The number of amides is 1. The monoisotopic (exact) mass is 430 g/mol. The molecule has 26 heavy (non-hydrogen) atoms. The third-order valence-electron chi connectivity index (χ3n) is 3.84. The zero-order chi connectivity index (χ0) is 18.5. The van der Waals surface area contributed by atoms with Crippen LogP contribution in [0.1, 0.15) is 24.2 Å². The van der Waals surface area contributed by atoms with E-state index in [1.165, 1.54) is 11.3 Å². The smallest absolute Gasteiger partial charge is 0.263 e. The molecule has 0 N–H and O–H groups in total. The van der Waals surface area contributed by atoms with E-state index in [2.05, 4.69) is 20.9 Å². The lowest BCUT2D eigenvalue weighted by Gasteiger charge is -2.19. The molecule has 0 radical (unpaired) electrons. The van der Waals surface area contributed by atoms with Gasteiger partial charge in [0, 0.05) is 22.0 Å². The average Bonchev–Trinajstić information content (AvgIpc) is 3.13. The van der Waals surface area contributed by atoms with Crippen LogP contribution in [-0.2, 0) is 0 Å². The third-order valence-corrected chi connectivity index (χ3v) is 5.23. The summed E-state index contributed by atoms with van der Waals surface area (Å²) in [6.07, 6.45) is 0. The number of carbonyl (C=O) groups is 1. The van der Waals surface area contributed by atoms with Crippen LogP contribution < -0.4 is 9.64 Å². The predicted molar refractivity (Wildman–Crippen MR) is 110 cm³/mol. The number of aromatic nitrogens is 1. The highest BCUT2D eigenvalue weighted by atomic mass is 79.9. The SMILES string of the molecule is CCOc1ccccc1C(=O)N(CC)c1nc(-c2ccc(Br)cc2)cs1. The van der Waals surface area contributed by atoms with Gasteiger partial charge in [-0.2, -0.15) is 0 Å². The zero-order valence-electron chi connectivity index (χ0n) is 14.6. The van der Waals surface area contributed by atoms with Gasteiger partial charge in [-0.05, 0) is 38.1 Å². The summed E-state index contributed by atoms with van der Waals surface area (Å²) in [4.78, 5) is 19.4. The van der Waals surface area contributed by atoms with Crippen LogP contribution >= 0.6 is 27.3 Å². The van der Waals surface area contributed by atoms with Gasteiger partial charge in [0.2, 0.25) is 0 Å². The molecular formula is C20H19BrN2O2S. The molecular weight excluding hydrogens is 412 g/mol. The summed E-state index contributed by atoms with van der Waals surface area (Å²) < 4.78 is 6.63. The Balaban J connectivity index is 1.90. The van der Waals surface area contributed by atoms with E-state index >= 15 is 0 Å². The molecule has 4 nitrogen and oxygen atoms in total. The van der Waals surface area contributed by atoms with Crippen molar-refractivity contribution in [3.63, 3.8) is 0 Å². The van der Waals surface area contributed by atoms with Crippen molar-refractivity contribution >= 4 is 38.3 Å². The van der Waals surface area contributed by atoms with E-state index in [0.717, 1.165) is 15.7 Å². The first-order valence-electron chi connectivity index (χ1n) is 8.39. The normalized spacial score (nSPS) is 10.6. The van der Waals surface area contributed by atoms with Crippen LogP contribution in [0, 0.1) is 0 Å². The van der Waals surface area contributed by atoms with E-state index < -0.39 is 0 Å². The van der Waals surface area contributed by atoms with Crippen molar-refractivity contribution in [1.82, 2.24) is 4.98 Å². The van der Waals surface area contributed by atoms with Crippen molar-refractivity contribution in [3.8, 4) is 17.0 Å². The standard InChI is InChI=1S/C20H19BrN2O2S/c1-3-23(19(24)16-7-5-6-8-18(16)25-4-2)20-22-17(13-26-20)14-9-11-15(21)12-10-14/h5-13H,3-4H2,1-2H3. The minimum Gasteiger partial charge on any atom is -0.493 e. The number of halogens is 1. The number of hydrogen-bond donors (Lipinski definition) is 0. The molecule has 0 bridgehead atoms. The van der Waals surface area contributed by atoms with Crippen molar-refractivity contribution in [3.05, 3.63) is 63.9 Å². The molecule has 0 aliphatic carbocycles. The zero-order valence-corrected chi connectivity index (χ0v) is 17.0. The number of nitrogens with zero attached hydrogens (tertiary/aromatic N) is 2. The first-order chi connectivity index (χ1) is 12.6. The van der Waals surface area contributed by atoms with Gasteiger partial charge in [0.1, 0.15) is 5.75 Å². The lowest BCUT2D eigenvalue weighted by atomic mass is 10.1. The summed E-state index contributed by atoms with van der Waals surface area (Å²) in [5.41, 5.74) is 2.44. The van der Waals surface area contributed by atoms with Gasteiger partial charge in [0.05, 0.1) is 17.9 Å². The van der Waals surface area contributed by atoms with Crippen molar-refractivity contribution in [1.29, 1.82) is 0 Å². The second kappa shape index (κ2) is 8.47. The molecule has 0 atom stereocenters. The quantitative estimate of drug-likeness (QED) is 0.508. The van der Waals surface area contributed by atoms with Crippen LogP contribution in [0.25, 0.3) is 11.3 Å². The summed E-state index contributed by atoms with van der Waals surface area (Å²) in [5.74, 6) is 0.497. The molecule has 3 rings (SSSR count). The largest absolute Gasteiger partial charge is 0.493 e. The number of rotatable bonds is 6. The second-order valence-corrected chi connectivity index (χ2v) is 7.25. The van der Waals surface area contributed by atoms with Crippen LogP contribution in [0.5, 0.6) is 5.75 Å². The van der Waals surface area contributed by atoms with E-state index in [4.69, 9.17) is 4.74 Å². The fourth-order valence-electron chi connectivity index (χ4n) is 2.58. The first kappa shape index (κ1) is 18.6. The molecule has 0 fully saturated rings. The van der Waals surface area contributed by atoms with Crippen molar-refractivity contribution in [2.24, 2.45) is 0 Å². The Morgan fingerprint density at radius 3 is 2.58 bits per heavy atom. The maximum absolute atomic E-state index is 13.1. The van der Waals surface area contributed by atoms with Crippen LogP contribution in [0.15, 0.2) is 58.4 Å². The topological polar surface area (TPSA) is 42.4 Å². The predicted octanol–water partition coefficient (Wildman–Crippen LogP) is 5.64. The number of thiazole rings is 1. The Morgan fingerprint density at radius 1 is 1.15 bits per heavy atom. The summed E-state index contributed by atoms with van der Waals surface area (Å²) >= 11 is 4.90. The number of hydrogen-bond acceptors (Lipinski definition) is 4. The van der Waals surface area contributed by atoms with E-state index in [-0.39, 0.29) is 5.91 Å². The van der Waals surface area contributed by atoms with Crippen LogP contribution in [0.4, 0.5) is 5.13 Å². The molecule has 0 aliphatic heterocycles. The van der Waals surface area contributed by atoms with E-state index in [1.54, 1.807) is 11.0 Å². The van der Waals surface area contributed by atoms with Crippen molar-refractivity contribution in [2.45, 2.75) is 13.8 Å². The van der Waals surface area contributed by atoms with Crippen LogP contribution in [-0.4, -0.2) is 24.0 Å². The van der Waals surface area contributed by atoms with Crippen molar-refractivity contribution < 1.29 is 9.53 Å². The highest BCUT2D eigenvalue weighted by Crippen LogP contribution is 2.30. The fraction of sp³-hybridized carbons (Fsp3) is 0.200. The van der Waals surface area contributed by atoms with Crippen molar-refractivity contribution in [2.75, 3.05) is 18.1 Å². The van der Waals surface area contributed by atoms with Gasteiger partial charge in [0.25, 0.3) is 5.91 Å². The van der Waals surface area contributed by atoms with Gasteiger partial charge in [-0.15, -0.1) is 11.3 Å². The molecule has 1 heterocycles. The summed E-state index contributed by atoms with van der Waals surface area (Å²) in [5, 5.41) is 2.66. The number of para-hydroxylation sites is 1. The molecule has 0 saturated carbocycles. The lowest BCUT2D eigenvalue weighted by molar-refractivity contribution is 0.0984. The third kappa shape index (κ3) is 3.97. The van der Waals surface area contributed by atoms with Gasteiger partial charge >= 0.3 is 0 Å². The summed E-state index contributed by atoms with van der Waals surface area (Å²) in [6, 6.07) is 15.3. The molecule has 6 heteroatoms. The van der Waals surface area contributed by atoms with Gasteiger partial charge in [-0.3, -0.25) is 9.69 Å². The van der Waals surface area contributed by atoms with E-state index in [1.807, 2.05) is 61.7 Å². The number of anilines is 1. The van der Waals surface area contributed by atoms with Crippen LogP contribution in [0.2, 0.25) is 0 Å². The molecule has 1 amide bonds. The van der Waals surface area contributed by atoms with E-state index in [9.17, 15) is 4.79 Å². The van der Waals surface area contributed by atoms with E-state index in [0.29, 0.717) is 29.6 Å². The summed E-state index contributed by atoms with van der Waals surface area (Å²) in [7, 11) is 0. The molecule has 3 aromatic rings. The number of carbonyl (C=O) groups excluding carboxylic acids is 1. The Kier molecular flexibility index (Phi) is 6.06. The maximum Gasteiger partial charge on any atom is 0.263 e. The Labute approximate surface area is 165 Å². The Morgan fingerprint density at radius 2 is 1.88 bits per heavy atom. The molecule has 0 unspecified atom stereocenters. The lowest BCUT2D eigenvalue weighted by Crippen LogP contribution is -2.30. The molecule has 1 aromatic heterocycles. The van der Waals surface area contributed by atoms with Crippen LogP contribution in [0.3, 0.4) is 0 Å². The highest BCUT2D eigenvalue weighted by molar-refractivity contribution is 9.10. The summed E-state index contributed by atoms with van der Waals surface area (Å²) in [6.45, 7) is 4.90. The van der Waals surface area contributed by atoms with Gasteiger partial charge < -0.3 is 4.74 Å². The van der Waals surface area contributed by atoms with Gasteiger partial charge in [-0.25, -0.2) is 4.98 Å². The molecule has 2 aromatic carbocycles. The number of ether oxygens (including phenoxy) is 1. The first-order valence-corrected chi connectivity index (χ1v) is 10.1. The Bertz CT molecular complexity index is 893. The minimum atomic E-state index is -0.103. The number of benzene rings is 2. The van der Waals surface area contributed by atoms with Gasteiger partial charge in [0.15, 0.2) is 5.13 Å². The fourth-order valence-corrected chi connectivity index (χ4v) is 3.74. The Hall–Kier alpha value is -2.18. The molecule has 134 valence electrons. The minimum absolute atomic E-state index is 0.103. The second-order valence-electron chi connectivity index (χ2n) is 5.50. The molecule has 0 spiro atoms. The maximum atomic E-state index is 13.1.